The van der Waals surface area contributed by atoms with Gasteiger partial charge < -0.3 is 14.8 Å². The second-order valence-electron chi connectivity index (χ2n) is 6.67. The molecular formula is C14H24N2O4S. The number of hydrogen-bond donors (Lipinski definition) is 3. The summed E-state index contributed by atoms with van der Waals surface area (Å²) in [6, 6.07) is 3.14. The van der Waals surface area contributed by atoms with Crippen molar-refractivity contribution in [2.24, 2.45) is 5.92 Å². The van der Waals surface area contributed by atoms with Gasteiger partial charge in [0.1, 0.15) is 5.76 Å². The third kappa shape index (κ3) is 4.81. The SMILES string of the molecule is CC(C)(C)NCc1ccc(S(=O)(=O)NCC2CC(O)C2)o1. The highest BCUT2D eigenvalue weighted by Gasteiger charge is 2.29. The van der Waals surface area contributed by atoms with Crippen LogP contribution in [0.5, 0.6) is 0 Å². The molecule has 2 rings (SSSR count). The number of nitrogens with one attached hydrogen (secondary N) is 2. The first-order valence-corrected chi connectivity index (χ1v) is 8.65. The molecule has 120 valence electrons. The zero-order valence-corrected chi connectivity index (χ0v) is 13.5. The van der Waals surface area contributed by atoms with E-state index in [1.807, 2.05) is 20.8 Å². The highest BCUT2D eigenvalue weighted by molar-refractivity contribution is 7.89. The van der Waals surface area contributed by atoms with Gasteiger partial charge in [-0.15, -0.1) is 0 Å². The third-order valence-electron chi connectivity index (χ3n) is 3.47. The van der Waals surface area contributed by atoms with Crippen LogP contribution < -0.4 is 10.0 Å². The first-order chi connectivity index (χ1) is 9.66. The maximum Gasteiger partial charge on any atom is 0.273 e. The molecule has 0 radical (unpaired) electrons. The van der Waals surface area contributed by atoms with Crippen LogP contribution in [0.25, 0.3) is 0 Å². The topological polar surface area (TPSA) is 91.6 Å². The van der Waals surface area contributed by atoms with E-state index in [-0.39, 0.29) is 22.7 Å². The highest BCUT2D eigenvalue weighted by Crippen LogP contribution is 2.26. The Kier molecular flexibility index (Phi) is 4.77. The van der Waals surface area contributed by atoms with E-state index < -0.39 is 10.0 Å². The number of aliphatic hydroxyl groups excluding tert-OH is 1. The second kappa shape index (κ2) is 6.08. The molecule has 7 heteroatoms. The van der Waals surface area contributed by atoms with Gasteiger partial charge in [0.25, 0.3) is 10.0 Å². The zero-order valence-electron chi connectivity index (χ0n) is 12.7. The van der Waals surface area contributed by atoms with Crippen LogP contribution in [0.15, 0.2) is 21.6 Å². The van der Waals surface area contributed by atoms with Gasteiger partial charge in [-0.2, -0.15) is 0 Å². The van der Waals surface area contributed by atoms with Crippen molar-refractivity contribution in [1.29, 1.82) is 0 Å². The summed E-state index contributed by atoms with van der Waals surface area (Å²) < 4.78 is 32.1. The number of sulfonamides is 1. The summed E-state index contributed by atoms with van der Waals surface area (Å²) in [4.78, 5) is 0. The molecule has 0 aromatic carbocycles. The first kappa shape index (κ1) is 16.5. The molecule has 0 spiro atoms. The lowest BCUT2D eigenvalue weighted by atomic mass is 9.83. The fourth-order valence-electron chi connectivity index (χ4n) is 2.12. The summed E-state index contributed by atoms with van der Waals surface area (Å²) in [5.74, 6) is 0.802. The van der Waals surface area contributed by atoms with Crippen molar-refractivity contribution in [3.8, 4) is 0 Å². The average molecular weight is 316 g/mol. The Morgan fingerprint density at radius 2 is 2.00 bits per heavy atom. The fraction of sp³-hybridized carbons (Fsp3) is 0.714. The molecule has 0 amide bonds. The molecular weight excluding hydrogens is 292 g/mol. The third-order valence-corrected chi connectivity index (χ3v) is 4.76. The van der Waals surface area contributed by atoms with Gasteiger partial charge in [0.15, 0.2) is 0 Å². The highest BCUT2D eigenvalue weighted by atomic mass is 32.2. The van der Waals surface area contributed by atoms with Gasteiger partial charge in [-0.1, -0.05) is 0 Å². The minimum Gasteiger partial charge on any atom is -0.447 e. The van der Waals surface area contributed by atoms with Crippen LogP contribution in [0.2, 0.25) is 0 Å². The zero-order chi connectivity index (χ0) is 15.7. The van der Waals surface area contributed by atoms with Crippen molar-refractivity contribution >= 4 is 10.0 Å². The Morgan fingerprint density at radius 1 is 1.33 bits per heavy atom. The maximum atomic E-state index is 12.1. The van der Waals surface area contributed by atoms with E-state index in [0.717, 1.165) is 0 Å². The summed E-state index contributed by atoms with van der Waals surface area (Å²) in [6.45, 7) is 6.91. The lowest BCUT2D eigenvalue weighted by Crippen LogP contribution is -2.38. The lowest BCUT2D eigenvalue weighted by Gasteiger charge is -2.31. The molecule has 0 bridgehead atoms. The molecule has 1 fully saturated rings. The molecule has 1 saturated carbocycles. The standard InChI is InChI=1S/C14H24N2O4S/c1-14(2,3)15-9-12-4-5-13(20-12)21(18,19)16-8-10-6-11(17)7-10/h4-5,10-11,15-17H,6-9H2,1-3H3. The predicted molar refractivity (Wildman–Crippen MR) is 79.2 cm³/mol. The number of rotatable bonds is 6. The van der Waals surface area contributed by atoms with Gasteiger partial charge in [0, 0.05) is 12.1 Å². The summed E-state index contributed by atoms with van der Waals surface area (Å²) in [5, 5.41) is 12.4. The Bertz CT molecular complexity index is 568. The van der Waals surface area contributed by atoms with Crippen LogP contribution in [0.1, 0.15) is 39.4 Å². The summed E-state index contributed by atoms with van der Waals surface area (Å²) in [6.07, 6.45) is 1.03. The number of furan rings is 1. The molecule has 0 unspecified atom stereocenters. The van der Waals surface area contributed by atoms with Crippen molar-refractivity contribution in [2.45, 2.75) is 56.9 Å². The van der Waals surface area contributed by atoms with Crippen molar-refractivity contribution in [1.82, 2.24) is 10.0 Å². The predicted octanol–water partition coefficient (Wildman–Crippen LogP) is 1.22. The molecule has 1 aromatic rings. The number of aliphatic hydroxyl groups is 1. The minimum atomic E-state index is -3.61. The van der Waals surface area contributed by atoms with Gasteiger partial charge in [-0.3, -0.25) is 0 Å². The van der Waals surface area contributed by atoms with Gasteiger partial charge >= 0.3 is 0 Å². The summed E-state index contributed by atoms with van der Waals surface area (Å²) in [7, 11) is -3.61. The van der Waals surface area contributed by atoms with E-state index in [1.54, 1.807) is 6.07 Å². The first-order valence-electron chi connectivity index (χ1n) is 7.17. The molecule has 1 aromatic heterocycles. The Balaban J connectivity index is 1.89. The van der Waals surface area contributed by atoms with E-state index in [1.165, 1.54) is 6.07 Å². The van der Waals surface area contributed by atoms with Gasteiger partial charge in [-0.25, -0.2) is 13.1 Å². The van der Waals surface area contributed by atoms with Crippen molar-refractivity contribution in [3.63, 3.8) is 0 Å². The lowest BCUT2D eigenvalue weighted by molar-refractivity contribution is 0.0453. The molecule has 1 aliphatic rings. The monoisotopic (exact) mass is 316 g/mol. The van der Waals surface area contributed by atoms with Crippen LogP contribution in [0, 0.1) is 5.92 Å². The molecule has 21 heavy (non-hydrogen) atoms. The van der Waals surface area contributed by atoms with E-state index in [9.17, 15) is 13.5 Å². The smallest absolute Gasteiger partial charge is 0.273 e. The van der Waals surface area contributed by atoms with Crippen LogP contribution >= 0.6 is 0 Å². The van der Waals surface area contributed by atoms with Crippen molar-refractivity contribution < 1.29 is 17.9 Å². The summed E-state index contributed by atoms with van der Waals surface area (Å²) in [5.41, 5.74) is -0.0604. The van der Waals surface area contributed by atoms with Gasteiger partial charge in [-0.05, 0) is 51.7 Å². The molecule has 1 aliphatic carbocycles. The number of hydrogen-bond acceptors (Lipinski definition) is 5. The normalized spacial score (nSPS) is 23.0. The van der Waals surface area contributed by atoms with Crippen LogP contribution in [-0.4, -0.2) is 31.7 Å². The largest absolute Gasteiger partial charge is 0.447 e. The second-order valence-corrected chi connectivity index (χ2v) is 8.37. The Labute approximate surface area is 126 Å². The Morgan fingerprint density at radius 3 is 2.57 bits per heavy atom. The van der Waals surface area contributed by atoms with Crippen LogP contribution in [0.4, 0.5) is 0 Å². The van der Waals surface area contributed by atoms with Crippen LogP contribution in [0.3, 0.4) is 0 Å². The summed E-state index contributed by atoms with van der Waals surface area (Å²) >= 11 is 0. The molecule has 0 saturated heterocycles. The van der Waals surface area contributed by atoms with Crippen molar-refractivity contribution in [3.05, 3.63) is 17.9 Å². The van der Waals surface area contributed by atoms with E-state index >= 15 is 0 Å². The van der Waals surface area contributed by atoms with E-state index in [4.69, 9.17) is 4.42 Å². The average Bonchev–Trinajstić information content (AvgIpc) is 2.79. The maximum absolute atomic E-state index is 12.1. The molecule has 0 atom stereocenters. The van der Waals surface area contributed by atoms with Gasteiger partial charge in [0.2, 0.25) is 5.09 Å². The quantitative estimate of drug-likeness (QED) is 0.734. The minimum absolute atomic E-state index is 0.0604. The fourth-order valence-corrected chi connectivity index (χ4v) is 3.18. The molecule has 3 N–H and O–H groups in total. The van der Waals surface area contributed by atoms with Gasteiger partial charge in [0.05, 0.1) is 12.6 Å². The van der Waals surface area contributed by atoms with E-state index in [0.29, 0.717) is 31.7 Å². The molecule has 0 aliphatic heterocycles. The molecule has 6 nitrogen and oxygen atoms in total. The van der Waals surface area contributed by atoms with Crippen LogP contribution in [-0.2, 0) is 16.6 Å². The van der Waals surface area contributed by atoms with E-state index in [2.05, 4.69) is 10.0 Å². The Hall–Kier alpha value is -0.890. The van der Waals surface area contributed by atoms with Crippen molar-refractivity contribution in [2.75, 3.05) is 6.54 Å². The molecule has 1 heterocycles.